The SMILES string of the molecule is CC(=O)OC(C)[C@]12COC(c3ccc(Cl)c(C(O)c4ccccc4)c3)(C[C@@H](OC(C)=O)C1)O2. The first kappa shape index (κ1) is 23.7. The molecule has 5 atom stereocenters. The summed E-state index contributed by atoms with van der Waals surface area (Å²) in [6.07, 6.45) is -1.50. The molecule has 2 aliphatic rings. The molecule has 4 rings (SSSR count). The van der Waals surface area contributed by atoms with E-state index in [2.05, 4.69) is 0 Å². The number of rotatable bonds is 6. The predicted octanol–water partition coefficient (Wildman–Crippen LogP) is 4.04. The van der Waals surface area contributed by atoms with E-state index in [-0.39, 0.29) is 13.0 Å². The van der Waals surface area contributed by atoms with Crippen molar-refractivity contribution in [2.75, 3.05) is 6.61 Å². The fourth-order valence-corrected chi connectivity index (χ4v) is 4.91. The van der Waals surface area contributed by atoms with E-state index in [1.165, 1.54) is 13.8 Å². The van der Waals surface area contributed by atoms with Crippen LogP contribution in [0.5, 0.6) is 0 Å². The van der Waals surface area contributed by atoms with Crippen molar-refractivity contribution in [2.24, 2.45) is 0 Å². The number of esters is 2. The molecule has 0 aliphatic carbocycles. The molecular formula is C25H27ClO7. The zero-order valence-corrected chi connectivity index (χ0v) is 19.5. The summed E-state index contributed by atoms with van der Waals surface area (Å²) in [5.74, 6) is -2.10. The monoisotopic (exact) mass is 474 g/mol. The molecule has 2 aliphatic heterocycles. The number of aliphatic hydroxyl groups is 1. The number of benzene rings is 2. The molecule has 2 aromatic carbocycles. The Bertz CT molecular complexity index is 1040. The molecule has 8 heteroatoms. The summed E-state index contributed by atoms with van der Waals surface area (Å²) >= 11 is 6.44. The second kappa shape index (κ2) is 9.06. The molecule has 0 aromatic heterocycles. The molecular weight excluding hydrogens is 448 g/mol. The third kappa shape index (κ3) is 4.64. The summed E-state index contributed by atoms with van der Waals surface area (Å²) < 4.78 is 23.7. The van der Waals surface area contributed by atoms with Crippen molar-refractivity contribution in [1.82, 2.24) is 0 Å². The fourth-order valence-electron chi connectivity index (χ4n) is 4.69. The first-order chi connectivity index (χ1) is 15.6. The maximum Gasteiger partial charge on any atom is 0.302 e. The van der Waals surface area contributed by atoms with Gasteiger partial charge >= 0.3 is 11.9 Å². The van der Waals surface area contributed by atoms with Gasteiger partial charge in [-0.05, 0) is 24.6 Å². The second-order valence-corrected chi connectivity index (χ2v) is 9.06. The molecule has 33 heavy (non-hydrogen) atoms. The number of carbonyl (C=O) groups is 2. The van der Waals surface area contributed by atoms with Crippen LogP contribution in [0.15, 0.2) is 48.5 Å². The molecule has 2 saturated heterocycles. The topological polar surface area (TPSA) is 91.3 Å². The van der Waals surface area contributed by atoms with Gasteiger partial charge in [-0.1, -0.05) is 48.0 Å². The Hall–Kier alpha value is -2.45. The van der Waals surface area contributed by atoms with E-state index >= 15 is 0 Å². The first-order valence-electron chi connectivity index (χ1n) is 10.9. The summed E-state index contributed by atoms with van der Waals surface area (Å²) in [7, 11) is 0. The van der Waals surface area contributed by atoms with E-state index in [0.29, 0.717) is 28.1 Å². The van der Waals surface area contributed by atoms with E-state index in [4.69, 9.17) is 30.5 Å². The third-order valence-electron chi connectivity index (χ3n) is 6.25. The Morgan fingerprint density at radius 3 is 2.52 bits per heavy atom. The molecule has 2 fully saturated rings. The van der Waals surface area contributed by atoms with Gasteiger partial charge in [0.05, 0.1) is 6.61 Å². The van der Waals surface area contributed by atoms with Gasteiger partial charge in [0.15, 0.2) is 5.79 Å². The van der Waals surface area contributed by atoms with Crippen molar-refractivity contribution in [3.05, 3.63) is 70.2 Å². The van der Waals surface area contributed by atoms with Crippen molar-refractivity contribution in [1.29, 1.82) is 0 Å². The van der Waals surface area contributed by atoms with Crippen LogP contribution in [0.3, 0.4) is 0 Å². The average Bonchev–Trinajstić information content (AvgIpc) is 3.06. The highest BCUT2D eigenvalue weighted by Crippen LogP contribution is 2.52. The van der Waals surface area contributed by atoms with Gasteiger partial charge in [0.25, 0.3) is 0 Å². The van der Waals surface area contributed by atoms with Crippen molar-refractivity contribution in [3.63, 3.8) is 0 Å². The highest BCUT2D eigenvalue weighted by atomic mass is 35.5. The zero-order valence-electron chi connectivity index (χ0n) is 18.7. The molecule has 2 aromatic rings. The maximum absolute atomic E-state index is 11.7. The Morgan fingerprint density at radius 2 is 1.85 bits per heavy atom. The van der Waals surface area contributed by atoms with Crippen molar-refractivity contribution in [2.45, 2.75) is 63.3 Å². The smallest absolute Gasteiger partial charge is 0.302 e. The summed E-state index contributed by atoms with van der Waals surface area (Å²) in [6.45, 7) is 4.57. The fraction of sp³-hybridized carbons (Fsp3) is 0.440. The Labute approximate surface area is 197 Å². The lowest BCUT2D eigenvalue weighted by molar-refractivity contribution is -0.263. The molecule has 176 valence electrons. The Morgan fingerprint density at radius 1 is 1.12 bits per heavy atom. The van der Waals surface area contributed by atoms with Crippen LogP contribution in [-0.2, 0) is 34.3 Å². The number of aliphatic hydroxyl groups excluding tert-OH is 1. The number of fused-ring (bicyclic) bond motifs is 2. The van der Waals surface area contributed by atoms with Gasteiger partial charge in [0.1, 0.15) is 23.9 Å². The van der Waals surface area contributed by atoms with Gasteiger partial charge in [-0.15, -0.1) is 0 Å². The van der Waals surface area contributed by atoms with Gasteiger partial charge in [-0.3, -0.25) is 9.59 Å². The Kier molecular flexibility index (Phi) is 6.51. The van der Waals surface area contributed by atoms with Crippen molar-refractivity contribution < 1.29 is 33.6 Å². The molecule has 7 nitrogen and oxygen atoms in total. The lowest BCUT2D eigenvalue weighted by atomic mass is 9.84. The molecule has 0 amide bonds. The van der Waals surface area contributed by atoms with Gasteiger partial charge in [0, 0.05) is 42.8 Å². The van der Waals surface area contributed by atoms with Gasteiger partial charge in [-0.2, -0.15) is 0 Å². The van der Waals surface area contributed by atoms with Crippen LogP contribution in [0.25, 0.3) is 0 Å². The first-order valence-corrected chi connectivity index (χ1v) is 11.2. The van der Waals surface area contributed by atoms with Crippen LogP contribution in [-0.4, -0.2) is 41.5 Å². The number of hydrogen-bond acceptors (Lipinski definition) is 7. The van der Waals surface area contributed by atoms with Crippen LogP contribution in [0.4, 0.5) is 0 Å². The lowest BCUT2D eigenvalue weighted by Gasteiger charge is -2.43. The maximum atomic E-state index is 11.7. The minimum absolute atomic E-state index is 0.151. The lowest BCUT2D eigenvalue weighted by Crippen LogP contribution is -2.53. The molecule has 2 bridgehead atoms. The summed E-state index contributed by atoms with van der Waals surface area (Å²) in [5, 5.41) is 11.4. The third-order valence-corrected chi connectivity index (χ3v) is 6.59. The highest BCUT2D eigenvalue weighted by Gasteiger charge is 2.61. The largest absolute Gasteiger partial charge is 0.462 e. The molecule has 1 N–H and O–H groups in total. The second-order valence-electron chi connectivity index (χ2n) is 8.65. The standard InChI is InChI=1S/C25H27ClO7/c1-15(31-16(2)27)24-12-20(32-17(3)28)13-25(33-24,30-14-24)19-9-10-22(26)21(11-19)23(29)18-7-5-4-6-8-18/h4-11,15,20,23,29H,12-14H2,1-3H3/t15?,20-,23?,24+,25?/m0/s1. The highest BCUT2D eigenvalue weighted by molar-refractivity contribution is 6.31. The van der Waals surface area contributed by atoms with Crippen LogP contribution in [0.1, 0.15) is 56.4 Å². The zero-order chi connectivity index (χ0) is 23.8. The summed E-state index contributed by atoms with van der Waals surface area (Å²) in [6, 6.07) is 14.4. The van der Waals surface area contributed by atoms with E-state index in [0.717, 1.165) is 0 Å². The Balaban J connectivity index is 1.72. The normalized spacial score (nSPS) is 28.1. The molecule has 0 saturated carbocycles. The number of halogens is 1. The van der Waals surface area contributed by atoms with Gasteiger partial charge in [0.2, 0.25) is 0 Å². The van der Waals surface area contributed by atoms with Crippen LogP contribution < -0.4 is 0 Å². The van der Waals surface area contributed by atoms with Crippen LogP contribution in [0, 0.1) is 0 Å². The molecule has 0 radical (unpaired) electrons. The van der Waals surface area contributed by atoms with Crippen LogP contribution >= 0.6 is 11.6 Å². The molecule has 0 spiro atoms. The summed E-state index contributed by atoms with van der Waals surface area (Å²) in [4.78, 5) is 23.4. The van der Waals surface area contributed by atoms with Gasteiger partial charge in [-0.25, -0.2) is 0 Å². The van der Waals surface area contributed by atoms with E-state index in [1.54, 1.807) is 25.1 Å². The van der Waals surface area contributed by atoms with Crippen LogP contribution in [0.2, 0.25) is 5.02 Å². The minimum Gasteiger partial charge on any atom is -0.462 e. The number of hydrogen-bond donors (Lipinski definition) is 1. The van der Waals surface area contributed by atoms with E-state index in [9.17, 15) is 14.7 Å². The number of ether oxygens (including phenoxy) is 4. The summed E-state index contributed by atoms with van der Waals surface area (Å²) in [5.41, 5.74) is 0.844. The predicted molar refractivity (Wildman–Crippen MR) is 119 cm³/mol. The molecule has 2 heterocycles. The quantitative estimate of drug-likeness (QED) is 0.632. The number of carbonyl (C=O) groups excluding carboxylic acids is 2. The average molecular weight is 475 g/mol. The van der Waals surface area contributed by atoms with E-state index in [1.807, 2.05) is 30.3 Å². The van der Waals surface area contributed by atoms with E-state index < -0.39 is 41.6 Å². The minimum atomic E-state index is -1.25. The van der Waals surface area contributed by atoms with Gasteiger partial charge < -0.3 is 24.1 Å². The van der Waals surface area contributed by atoms with Crippen molar-refractivity contribution in [3.8, 4) is 0 Å². The molecule has 3 unspecified atom stereocenters. The van der Waals surface area contributed by atoms with Crippen molar-refractivity contribution >= 4 is 23.5 Å².